The van der Waals surface area contributed by atoms with Crippen LogP contribution in [0.4, 0.5) is 0 Å². The summed E-state index contributed by atoms with van der Waals surface area (Å²) >= 11 is 1.83. The number of ether oxygens (including phenoxy) is 1. The molecular formula is C13H21N3OS. The molecule has 0 bridgehead atoms. The van der Waals surface area contributed by atoms with E-state index in [9.17, 15) is 0 Å². The average molecular weight is 267 g/mol. The first-order valence-corrected chi connectivity index (χ1v) is 7.28. The van der Waals surface area contributed by atoms with Gasteiger partial charge in [-0.15, -0.1) is 11.3 Å². The number of thiophene rings is 1. The van der Waals surface area contributed by atoms with Gasteiger partial charge in [-0.2, -0.15) is 0 Å². The third kappa shape index (κ3) is 3.31. The number of nitrogens with two attached hydrogens (primary N) is 1. The van der Waals surface area contributed by atoms with Crippen LogP contribution in [0.5, 0.6) is 0 Å². The van der Waals surface area contributed by atoms with Gasteiger partial charge in [0.05, 0.1) is 18.0 Å². The van der Waals surface area contributed by atoms with Crippen molar-refractivity contribution in [1.29, 1.82) is 0 Å². The van der Waals surface area contributed by atoms with Crippen molar-refractivity contribution in [2.75, 3.05) is 20.3 Å². The summed E-state index contributed by atoms with van der Waals surface area (Å²) in [5.41, 5.74) is 4.20. The zero-order valence-corrected chi connectivity index (χ0v) is 11.7. The lowest BCUT2D eigenvalue weighted by molar-refractivity contribution is 0.208. The molecule has 0 saturated carbocycles. The molecule has 0 unspecified atom stereocenters. The molecule has 0 fully saturated rings. The normalized spacial score (nSPS) is 16.2. The Morgan fingerprint density at radius 3 is 3.06 bits per heavy atom. The number of hydrazine groups is 1. The fourth-order valence-electron chi connectivity index (χ4n) is 2.23. The number of rotatable bonds is 4. The highest BCUT2D eigenvalue weighted by Crippen LogP contribution is 2.28. The van der Waals surface area contributed by atoms with Crippen LogP contribution in [0.1, 0.15) is 34.6 Å². The lowest BCUT2D eigenvalue weighted by Gasteiger charge is -2.03. The molecular weight excluding hydrogens is 246 g/mol. The maximum absolute atomic E-state index is 5.56. The van der Waals surface area contributed by atoms with Gasteiger partial charge in [-0.1, -0.05) is 6.42 Å². The predicted octanol–water partition coefficient (Wildman–Crippen LogP) is 1.87. The van der Waals surface area contributed by atoms with Crippen molar-refractivity contribution in [3.63, 3.8) is 0 Å². The van der Waals surface area contributed by atoms with Gasteiger partial charge in [-0.25, -0.2) is 5.84 Å². The Morgan fingerprint density at radius 1 is 1.44 bits per heavy atom. The summed E-state index contributed by atoms with van der Waals surface area (Å²) in [5, 5.41) is 0. The number of methoxy groups -OCH3 is 1. The second-order valence-corrected chi connectivity index (χ2v) is 5.62. The van der Waals surface area contributed by atoms with Gasteiger partial charge in [0.2, 0.25) is 0 Å². The number of hydrogen-bond donors (Lipinski definition) is 2. The molecule has 100 valence electrons. The summed E-state index contributed by atoms with van der Waals surface area (Å²) in [7, 11) is 1.68. The Bertz CT molecular complexity index is 391. The quantitative estimate of drug-likeness (QED) is 0.219. The molecule has 0 spiro atoms. The number of amidine groups is 1. The first kappa shape index (κ1) is 13.5. The average Bonchev–Trinajstić information content (AvgIpc) is 2.66. The van der Waals surface area contributed by atoms with E-state index in [-0.39, 0.29) is 0 Å². The van der Waals surface area contributed by atoms with Crippen LogP contribution in [0.2, 0.25) is 0 Å². The molecule has 1 aliphatic carbocycles. The van der Waals surface area contributed by atoms with Crippen molar-refractivity contribution < 1.29 is 4.74 Å². The summed E-state index contributed by atoms with van der Waals surface area (Å²) in [6.07, 6.45) is 6.35. The fourth-order valence-corrected chi connectivity index (χ4v) is 3.45. The van der Waals surface area contributed by atoms with Crippen LogP contribution in [0.25, 0.3) is 0 Å². The molecule has 0 radical (unpaired) electrons. The molecule has 2 rings (SSSR count). The highest BCUT2D eigenvalue weighted by molar-refractivity contribution is 7.14. The molecule has 1 heterocycles. The first-order valence-electron chi connectivity index (χ1n) is 6.47. The number of aliphatic imine (C=N–C) groups is 1. The molecule has 0 aliphatic heterocycles. The molecule has 1 aliphatic rings. The van der Waals surface area contributed by atoms with E-state index in [0.29, 0.717) is 13.2 Å². The van der Waals surface area contributed by atoms with E-state index >= 15 is 0 Å². The van der Waals surface area contributed by atoms with Crippen molar-refractivity contribution >= 4 is 17.2 Å². The number of nitrogens with one attached hydrogen (secondary N) is 1. The number of fused-ring (bicyclic) bond motifs is 1. The monoisotopic (exact) mass is 267 g/mol. The van der Waals surface area contributed by atoms with Gasteiger partial charge in [0.1, 0.15) is 0 Å². The van der Waals surface area contributed by atoms with E-state index < -0.39 is 0 Å². The maximum atomic E-state index is 5.56. The largest absolute Gasteiger partial charge is 0.383 e. The van der Waals surface area contributed by atoms with Crippen molar-refractivity contribution in [2.45, 2.75) is 32.1 Å². The first-order chi connectivity index (χ1) is 8.85. The van der Waals surface area contributed by atoms with E-state index in [4.69, 9.17) is 10.6 Å². The molecule has 1 aromatic heterocycles. The number of aryl methyl sites for hydroxylation is 2. The van der Waals surface area contributed by atoms with Crippen molar-refractivity contribution in [1.82, 2.24) is 5.43 Å². The molecule has 0 amide bonds. The maximum Gasteiger partial charge on any atom is 0.152 e. The van der Waals surface area contributed by atoms with Gasteiger partial charge in [-0.05, 0) is 37.3 Å². The van der Waals surface area contributed by atoms with Gasteiger partial charge in [0, 0.05) is 12.0 Å². The second-order valence-electron chi connectivity index (χ2n) is 4.49. The van der Waals surface area contributed by atoms with Crippen LogP contribution in [0.15, 0.2) is 11.1 Å². The van der Waals surface area contributed by atoms with Gasteiger partial charge < -0.3 is 10.2 Å². The van der Waals surface area contributed by atoms with Gasteiger partial charge in [-0.3, -0.25) is 4.99 Å². The van der Waals surface area contributed by atoms with Gasteiger partial charge in [0.25, 0.3) is 0 Å². The van der Waals surface area contributed by atoms with E-state index in [1.54, 1.807) is 7.11 Å². The zero-order valence-electron chi connectivity index (χ0n) is 10.9. The lowest BCUT2D eigenvalue weighted by atomic mass is 10.1. The zero-order chi connectivity index (χ0) is 12.8. The minimum absolute atomic E-state index is 0.621. The highest BCUT2D eigenvalue weighted by atomic mass is 32.1. The van der Waals surface area contributed by atoms with E-state index in [0.717, 1.165) is 10.7 Å². The molecule has 1 aromatic rings. The summed E-state index contributed by atoms with van der Waals surface area (Å²) in [6, 6.07) is 2.25. The molecule has 4 nitrogen and oxygen atoms in total. The summed E-state index contributed by atoms with van der Waals surface area (Å²) in [6.45, 7) is 1.26. The molecule has 3 N–H and O–H groups in total. The molecule has 0 aromatic carbocycles. The molecule has 0 saturated heterocycles. The standard InChI is InChI=1S/C13H21N3OS/c1-17-8-7-15-13(16-14)12-9-10-5-3-2-4-6-11(10)18-12/h9H,2-8,14H2,1H3,(H,15,16). The topological polar surface area (TPSA) is 59.6 Å². The Labute approximate surface area is 112 Å². The van der Waals surface area contributed by atoms with Crippen LogP contribution in [0, 0.1) is 0 Å². The van der Waals surface area contributed by atoms with Crippen molar-refractivity contribution in [2.24, 2.45) is 10.8 Å². The Balaban J connectivity index is 2.14. The van der Waals surface area contributed by atoms with Gasteiger partial charge in [0.15, 0.2) is 5.84 Å². The third-order valence-electron chi connectivity index (χ3n) is 3.18. The van der Waals surface area contributed by atoms with Crippen LogP contribution < -0.4 is 11.3 Å². The Kier molecular flexibility index (Phi) is 5.16. The minimum atomic E-state index is 0.621. The predicted molar refractivity (Wildman–Crippen MR) is 76.2 cm³/mol. The van der Waals surface area contributed by atoms with Crippen molar-refractivity contribution in [3.8, 4) is 0 Å². The lowest BCUT2D eigenvalue weighted by Crippen LogP contribution is -2.30. The van der Waals surface area contributed by atoms with E-state index in [2.05, 4.69) is 16.5 Å². The summed E-state index contributed by atoms with van der Waals surface area (Å²) in [5.74, 6) is 6.34. The fraction of sp³-hybridized carbons (Fsp3) is 0.615. The van der Waals surface area contributed by atoms with Crippen LogP contribution >= 0.6 is 11.3 Å². The minimum Gasteiger partial charge on any atom is -0.383 e. The van der Waals surface area contributed by atoms with E-state index in [1.165, 1.54) is 42.5 Å². The smallest absolute Gasteiger partial charge is 0.152 e. The highest BCUT2D eigenvalue weighted by Gasteiger charge is 2.14. The van der Waals surface area contributed by atoms with Gasteiger partial charge >= 0.3 is 0 Å². The molecule has 0 atom stereocenters. The molecule has 5 heteroatoms. The van der Waals surface area contributed by atoms with Crippen LogP contribution in [-0.2, 0) is 17.6 Å². The van der Waals surface area contributed by atoms with Crippen molar-refractivity contribution in [3.05, 3.63) is 21.4 Å². The molecule has 18 heavy (non-hydrogen) atoms. The number of hydrogen-bond acceptors (Lipinski definition) is 4. The SMILES string of the molecule is COCCN=C(NN)c1cc2c(s1)CCCCC2. The van der Waals surface area contributed by atoms with Crippen LogP contribution in [-0.4, -0.2) is 26.1 Å². The third-order valence-corrected chi connectivity index (χ3v) is 4.43. The number of nitrogens with zero attached hydrogens (tertiary/aromatic N) is 1. The summed E-state index contributed by atoms with van der Waals surface area (Å²) in [4.78, 5) is 7.10. The summed E-state index contributed by atoms with van der Waals surface area (Å²) < 4.78 is 5.00. The van der Waals surface area contributed by atoms with E-state index in [1.807, 2.05) is 11.3 Å². The van der Waals surface area contributed by atoms with Crippen LogP contribution in [0.3, 0.4) is 0 Å². The second kappa shape index (κ2) is 6.87. The Hall–Kier alpha value is -0.910. The Morgan fingerprint density at radius 2 is 2.28 bits per heavy atom.